The SMILES string of the molecule is COC(=O)[C@@H](C)NC(=O)CCCn1nnc2ccccc2c1=O. The summed E-state index contributed by atoms with van der Waals surface area (Å²) in [5.74, 6) is -0.792. The number of amides is 1. The van der Waals surface area contributed by atoms with Crippen LogP contribution < -0.4 is 10.9 Å². The number of benzene rings is 1. The van der Waals surface area contributed by atoms with Gasteiger partial charge in [0, 0.05) is 13.0 Å². The number of nitrogens with zero attached hydrogens (tertiary/aromatic N) is 3. The predicted octanol–water partition coefficient (Wildman–Crippen LogP) is 0.249. The minimum atomic E-state index is -0.698. The number of methoxy groups -OCH3 is 1. The van der Waals surface area contributed by atoms with Crippen LogP contribution in [0.25, 0.3) is 10.9 Å². The van der Waals surface area contributed by atoms with Gasteiger partial charge < -0.3 is 10.1 Å². The first kappa shape index (κ1) is 16.6. The molecule has 0 aliphatic rings. The van der Waals surface area contributed by atoms with Crippen LogP contribution in [0, 0.1) is 0 Å². The molecule has 0 radical (unpaired) electrons. The molecule has 0 unspecified atom stereocenters. The maximum atomic E-state index is 12.2. The predicted molar refractivity (Wildman–Crippen MR) is 82.7 cm³/mol. The van der Waals surface area contributed by atoms with Gasteiger partial charge in [-0.15, -0.1) is 5.10 Å². The Balaban J connectivity index is 1.92. The van der Waals surface area contributed by atoms with Crippen LogP contribution in [0.15, 0.2) is 29.1 Å². The smallest absolute Gasteiger partial charge is 0.328 e. The molecule has 0 bridgehead atoms. The Bertz CT molecular complexity index is 771. The Kier molecular flexibility index (Phi) is 5.40. The maximum Gasteiger partial charge on any atom is 0.328 e. The molecule has 1 amide bonds. The molecule has 1 N–H and O–H groups in total. The van der Waals surface area contributed by atoms with Gasteiger partial charge in [0.15, 0.2) is 0 Å². The molecule has 8 nitrogen and oxygen atoms in total. The number of ether oxygens (including phenoxy) is 1. The van der Waals surface area contributed by atoms with E-state index in [2.05, 4.69) is 20.4 Å². The van der Waals surface area contributed by atoms with Crippen LogP contribution in [0.5, 0.6) is 0 Å². The second kappa shape index (κ2) is 7.48. The molecule has 2 rings (SSSR count). The summed E-state index contributed by atoms with van der Waals surface area (Å²) < 4.78 is 5.76. The minimum absolute atomic E-state index is 0.169. The lowest BCUT2D eigenvalue weighted by molar-refractivity contribution is -0.144. The molecule has 1 aromatic carbocycles. The first-order chi connectivity index (χ1) is 11.0. The van der Waals surface area contributed by atoms with Crippen LogP contribution in [0.2, 0.25) is 0 Å². The van der Waals surface area contributed by atoms with E-state index in [1.165, 1.54) is 11.8 Å². The fraction of sp³-hybridized carbons (Fsp3) is 0.400. The number of rotatable bonds is 6. The lowest BCUT2D eigenvalue weighted by Gasteiger charge is -2.11. The van der Waals surface area contributed by atoms with Gasteiger partial charge in [0.2, 0.25) is 5.91 Å². The number of nitrogens with one attached hydrogen (secondary N) is 1. The van der Waals surface area contributed by atoms with E-state index in [0.29, 0.717) is 17.3 Å². The second-order valence-corrected chi connectivity index (χ2v) is 5.05. The van der Waals surface area contributed by atoms with Crippen molar-refractivity contribution in [3.63, 3.8) is 0 Å². The molecule has 1 heterocycles. The van der Waals surface area contributed by atoms with Gasteiger partial charge in [0.05, 0.1) is 12.5 Å². The molecule has 1 aromatic heterocycles. The van der Waals surface area contributed by atoms with Gasteiger partial charge >= 0.3 is 5.97 Å². The fourth-order valence-corrected chi connectivity index (χ4v) is 2.11. The Hall–Kier alpha value is -2.77. The highest BCUT2D eigenvalue weighted by molar-refractivity contribution is 5.84. The van der Waals surface area contributed by atoms with Crippen molar-refractivity contribution in [1.82, 2.24) is 20.3 Å². The third-order valence-electron chi connectivity index (χ3n) is 3.34. The molecule has 0 aliphatic carbocycles. The first-order valence-electron chi connectivity index (χ1n) is 7.22. The van der Waals surface area contributed by atoms with Gasteiger partial charge in [-0.2, -0.15) is 0 Å². The molecule has 1 atom stereocenters. The number of hydrogen-bond acceptors (Lipinski definition) is 6. The molecular weight excluding hydrogens is 300 g/mol. The number of aryl methyl sites for hydroxylation is 1. The van der Waals surface area contributed by atoms with E-state index in [1.54, 1.807) is 31.2 Å². The van der Waals surface area contributed by atoms with Crippen LogP contribution in [-0.2, 0) is 20.9 Å². The Morgan fingerprint density at radius 2 is 2.09 bits per heavy atom. The van der Waals surface area contributed by atoms with Gasteiger partial charge in [-0.3, -0.25) is 9.59 Å². The highest BCUT2D eigenvalue weighted by Gasteiger charge is 2.15. The van der Waals surface area contributed by atoms with Crippen LogP contribution >= 0.6 is 0 Å². The van der Waals surface area contributed by atoms with Crippen molar-refractivity contribution in [1.29, 1.82) is 0 Å². The van der Waals surface area contributed by atoms with E-state index < -0.39 is 12.0 Å². The van der Waals surface area contributed by atoms with Crippen molar-refractivity contribution in [3.8, 4) is 0 Å². The zero-order valence-electron chi connectivity index (χ0n) is 13.0. The fourth-order valence-electron chi connectivity index (χ4n) is 2.11. The number of carbonyl (C=O) groups excluding carboxylic acids is 2. The lowest BCUT2D eigenvalue weighted by Crippen LogP contribution is -2.39. The number of hydrogen-bond donors (Lipinski definition) is 1. The summed E-state index contributed by atoms with van der Waals surface area (Å²) in [4.78, 5) is 35.1. The molecule has 0 spiro atoms. The monoisotopic (exact) mass is 318 g/mol. The van der Waals surface area contributed by atoms with Crippen molar-refractivity contribution in [2.75, 3.05) is 7.11 Å². The Morgan fingerprint density at radius 1 is 1.35 bits per heavy atom. The van der Waals surface area contributed by atoms with Crippen molar-refractivity contribution < 1.29 is 14.3 Å². The average molecular weight is 318 g/mol. The first-order valence-corrected chi connectivity index (χ1v) is 7.22. The summed E-state index contributed by atoms with van der Waals surface area (Å²) in [6.07, 6.45) is 0.578. The zero-order chi connectivity index (χ0) is 16.8. The highest BCUT2D eigenvalue weighted by Crippen LogP contribution is 2.03. The van der Waals surface area contributed by atoms with Crippen LogP contribution in [0.4, 0.5) is 0 Å². The molecule has 0 fully saturated rings. The van der Waals surface area contributed by atoms with E-state index in [-0.39, 0.29) is 24.4 Å². The standard InChI is InChI=1S/C15H18N4O4/c1-10(15(22)23-2)16-13(20)8-5-9-19-14(21)11-6-3-4-7-12(11)17-18-19/h3-4,6-7,10H,5,8-9H2,1-2H3,(H,16,20)/t10-/m1/s1. The zero-order valence-corrected chi connectivity index (χ0v) is 13.0. The number of aromatic nitrogens is 3. The van der Waals surface area contributed by atoms with Crippen molar-refractivity contribution >= 4 is 22.8 Å². The van der Waals surface area contributed by atoms with Gasteiger partial charge in [-0.05, 0) is 25.5 Å². The summed E-state index contributed by atoms with van der Waals surface area (Å²) in [6.45, 7) is 1.82. The summed E-state index contributed by atoms with van der Waals surface area (Å²) >= 11 is 0. The molecular formula is C15H18N4O4. The second-order valence-electron chi connectivity index (χ2n) is 5.05. The largest absolute Gasteiger partial charge is 0.467 e. The van der Waals surface area contributed by atoms with Crippen LogP contribution in [-0.4, -0.2) is 40.0 Å². The number of esters is 1. The molecule has 2 aromatic rings. The van der Waals surface area contributed by atoms with E-state index in [0.717, 1.165) is 0 Å². The van der Waals surface area contributed by atoms with Gasteiger partial charge in [0.25, 0.3) is 5.56 Å². The number of fused-ring (bicyclic) bond motifs is 1. The molecule has 0 aliphatic heterocycles. The third-order valence-corrected chi connectivity index (χ3v) is 3.34. The van der Waals surface area contributed by atoms with E-state index in [4.69, 9.17) is 0 Å². The third kappa shape index (κ3) is 4.12. The van der Waals surface area contributed by atoms with Gasteiger partial charge in [0.1, 0.15) is 11.6 Å². The van der Waals surface area contributed by atoms with Crippen molar-refractivity contribution in [2.24, 2.45) is 0 Å². The minimum Gasteiger partial charge on any atom is -0.467 e. The molecule has 8 heteroatoms. The number of carbonyl (C=O) groups is 2. The highest BCUT2D eigenvalue weighted by atomic mass is 16.5. The topological polar surface area (TPSA) is 103 Å². The van der Waals surface area contributed by atoms with Crippen LogP contribution in [0.1, 0.15) is 19.8 Å². The molecule has 122 valence electrons. The van der Waals surface area contributed by atoms with E-state index in [1.807, 2.05) is 0 Å². The van der Waals surface area contributed by atoms with Crippen LogP contribution in [0.3, 0.4) is 0 Å². The quantitative estimate of drug-likeness (QED) is 0.766. The summed E-state index contributed by atoms with van der Waals surface area (Å²) in [5.41, 5.74) is 0.303. The molecule has 0 saturated heterocycles. The van der Waals surface area contributed by atoms with E-state index in [9.17, 15) is 14.4 Å². The summed E-state index contributed by atoms with van der Waals surface area (Å²) in [5, 5.41) is 10.8. The average Bonchev–Trinajstić information content (AvgIpc) is 2.56. The van der Waals surface area contributed by atoms with Gasteiger partial charge in [-0.1, -0.05) is 17.3 Å². The van der Waals surface area contributed by atoms with Crippen molar-refractivity contribution in [2.45, 2.75) is 32.4 Å². The Morgan fingerprint density at radius 3 is 2.83 bits per heavy atom. The molecule has 0 saturated carbocycles. The summed E-state index contributed by atoms with van der Waals surface area (Å²) in [7, 11) is 1.26. The van der Waals surface area contributed by atoms with E-state index >= 15 is 0 Å². The molecule has 23 heavy (non-hydrogen) atoms. The van der Waals surface area contributed by atoms with Crippen molar-refractivity contribution in [3.05, 3.63) is 34.6 Å². The van der Waals surface area contributed by atoms with Gasteiger partial charge in [-0.25, -0.2) is 9.48 Å². The normalized spacial score (nSPS) is 11.9. The summed E-state index contributed by atoms with van der Waals surface area (Å²) in [6, 6.07) is 6.25. The Labute approximate surface area is 132 Å². The lowest BCUT2D eigenvalue weighted by atomic mass is 10.2. The maximum absolute atomic E-state index is 12.2.